The predicted molar refractivity (Wildman–Crippen MR) is 168 cm³/mol. The Bertz CT molecular complexity index is 1750. The molecule has 4 aromatic rings. The van der Waals surface area contributed by atoms with Gasteiger partial charge in [-0.15, -0.1) is 5.10 Å². The first kappa shape index (κ1) is 31.0. The lowest BCUT2D eigenvalue weighted by molar-refractivity contribution is 0.0412. The summed E-state index contributed by atoms with van der Waals surface area (Å²) >= 11 is 3.47. The van der Waals surface area contributed by atoms with Gasteiger partial charge in [-0.3, -0.25) is 4.79 Å². The van der Waals surface area contributed by atoms with Gasteiger partial charge >= 0.3 is 6.09 Å². The number of para-hydroxylation sites is 1. The molecule has 1 fully saturated rings. The van der Waals surface area contributed by atoms with Crippen molar-refractivity contribution in [3.05, 3.63) is 63.4 Å². The second-order valence-corrected chi connectivity index (χ2v) is 11.2. The van der Waals surface area contributed by atoms with E-state index in [0.717, 1.165) is 25.1 Å². The molecule has 2 aliphatic heterocycles. The van der Waals surface area contributed by atoms with Gasteiger partial charge in [0.05, 0.1) is 42.7 Å². The van der Waals surface area contributed by atoms with Crippen LogP contribution in [0.25, 0.3) is 5.82 Å². The Balaban J connectivity index is 1.22. The van der Waals surface area contributed by atoms with E-state index in [4.69, 9.17) is 24.6 Å². The maximum Gasteiger partial charge on any atom is 0.415 e. The highest BCUT2D eigenvalue weighted by molar-refractivity contribution is 9.10. The number of amides is 2. The molecular formula is C29H31BrN10O6. The Morgan fingerprint density at radius 2 is 2.00 bits per heavy atom. The zero-order chi connectivity index (χ0) is 32.0. The van der Waals surface area contributed by atoms with Crippen molar-refractivity contribution in [2.75, 3.05) is 50.1 Å². The number of ether oxygens (including phenoxy) is 3. The average Bonchev–Trinajstić information content (AvgIpc) is 3.68. The summed E-state index contributed by atoms with van der Waals surface area (Å²) in [5, 5.41) is 19.9. The number of hydrogen-bond donors (Lipinski definition) is 2. The van der Waals surface area contributed by atoms with Gasteiger partial charge in [-0.05, 0) is 75.3 Å². The number of rotatable bonds is 9. The van der Waals surface area contributed by atoms with E-state index in [-0.39, 0.29) is 29.6 Å². The summed E-state index contributed by atoms with van der Waals surface area (Å²) in [6.07, 6.45) is 2.84. The van der Waals surface area contributed by atoms with Gasteiger partial charge in [-0.25, -0.2) is 14.8 Å². The fourth-order valence-corrected chi connectivity index (χ4v) is 5.77. The number of fused-ring (bicyclic) bond motifs is 1. The fourth-order valence-electron chi connectivity index (χ4n) is 5.22. The number of nitrogens with zero attached hydrogens (tertiary/aromatic N) is 8. The van der Waals surface area contributed by atoms with Crippen LogP contribution < -0.4 is 25.5 Å². The molecule has 2 aromatic carbocycles. The highest BCUT2D eigenvalue weighted by Crippen LogP contribution is 2.37. The van der Waals surface area contributed by atoms with Crippen molar-refractivity contribution in [2.24, 2.45) is 5.10 Å². The molecule has 1 saturated heterocycles. The molecule has 2 aliphatic rings. The van der Waals surface area contributed by atoms with Crippen molar-refractivity contribution in [2.45, 2.75) is 26.3 Å². The number of nitrogens with one attached hydrogen (secondary N) is 1. The van der Waals surface area contributed by atoms with Gasteiger partial charge in [0, 0.05) is 25.3 Å². The Labute approximate surface area is 271 Å². The van der Waals surface area contributed by atoms with Crippen molar-refractivity contribution in [3.8, 4) is 17.3 Å². The van der Waals surface area contributed by atoms with Crippen molar-refractivity contribution >= 4 is 45.7 Å². The first-order valence-electron chi connectivity index (χ1n) is 14.6. The molecule has 17 heteroatoms. The second kappa shape index (κ2) is 13.9. The fraction of sp³-hybridized carbons (Fsp3) is 0.345. The second-order valence-electron chi connectivity index (χ2n) is 10.4. The number of nitrogens with two attached hydrogens (primary N) is 1. The highest BCUT2D eigenvalue weighted by Gasteiger charge is 2.28. The van der Waals surface area contributed by atoms with Gasteiger partial charge in [0.15, 0.2) is 17.2 Å². The molecule has 240 valence electrons. The number of halogens is 1. The Kier molecular flexibility index (Phi) is 9.39. The summed E-state index contributed by atoms with van der Waals surface area (Å²) in [6.45, 7) is 4.98. The maximum absolute atomic E-state index is 13.4. The minimum absolute atomic E-state index is 0.00456. The standard InChI is InChI=1S/C29H31BrN10O6/c1-2-44-23-15-18(14-20(30)25(23)45-29(42)38-10-12-43-13-11-38)16-32-34-28(41)24-22(40(37-33-24)27-26(31)35-46-36-27)17-39-9-5-7-19-6-3-4-8-21(19)39/h3-4,6,8,14-16H,2,5,7,9-13,17H2,1H3,(H2,31,35)(H,34,41). The van der Waals surface area contributed by atoms with Crippen molar-refractivity contribution in [1.82, 2.24) is 35.6 Å². The molecule has 16 nitrogen and oxygen atoms in total. The summed E-state index contributed by atoms with van der Waals surface area (Å²) in [7, 11) is 0. The Hall–Kier alpha value is -5.03. The van der Waals surface area contributed by atoms with Crippen LogP contribution in [0.3, 0.4) is 0 Å². The molecule has 2 amide bonds. The summed E-state index contributed by atoms with van der Waals surface area (Å²) in [5.74, 6) is 0.0970. The quantitative estimate of drug-likeness (QED) is 0.193. The lowest BCUT2D eigenvalue weighted by atomic mass is 10.0. The van der Waals surface area contributed by atoms with E-state index in [9.17, 15) is 9.59 Å². The van der Waals surface area contributed by atoms with Crippen molar-refractivity contribution < 1.29 is 28.4 Å². The van der Waals surface area contributed by atoms with Crippen LogP contribution in [0.2, 0.25) is 0 Å². The lowest BCUT2D eigenvalue weighted by Gasteiger charge is -2.31. The molecule has 0 unspecified atom stereocenters. The lowest BCUT2D eigenvalue weighted by Crippen LogP contribution is -2.42. The van der Waals surface area contributed by atoms with E-state index in [1.165, 1.54) is 16.5 Å². The van der Waals surface area contributed by atoms with Crippen LogP contribution in [0.5, 0.6) is 11.5 Å². The SMILES string of the molecule is CCOc1cc(C=NNC(=O)c2nnn(-c3nonc3N)c2CN2CCCc3ccccc32)cc(Br)c1OC(=O)N1CCOCC1. The summed E-state index contributed by atoms with van der Waals surface area (Å²) in [4.78, 5) is 29.9. The maximum atomic E-state index is 13.4. The number of benzene rings is 2. The molecule has 46 heavy (non-hydrogen) atoms. The number of carbonyl (C=O) groups is 2. The van der Waals surface area contributed by atoms with Crippen molar-refractivity contribution in [3.63, 3.8) is 0 Å². The molecular weight excluding hydrogens is 664 g/mol. The number of nitrogen functional groups attached to an aromatic ring is 1. The van der Waals surface area contributed by atoms with Crippen LogP contribution in [-0.4, -0.2) is 87.9 Å². The molecule has 2 aromatic heterocycles. The van der Waals surface area contributed by atoms with E-state index in [2.05, 4.69) is 58.0 Å². The first-order valence-corrected chi connectivity index (χ1v) is 15.4. The normalized spacial score (nSPS) is 14.7. The van der Waals surface area contributed by atoms with E-state index in [1.807, 2.05) is 25.1 Å². The van der Waals surface area contributed by atoms with Crippen LogP contribution >= 0.6 is 15.9 Å². The largest absolute Gasteiger partial charge is 0.490 e. The van der Waals surface area contributed by atoms with Gasteiger partial charge in [-0.2, -0.15) is 9.78 Å². The topological polar surface area (TPSA) is 188 Å². The molecule has 0 atom stereocenters. The number of morpholine rings is 1. The zero-order valence-electron chi connectivity index (χ0n) is 24.9. The number of carbonyl (C=O) groups excluding carboxylic acids is 2. The number of hydrogen-bond acceptors (Lipinski definition) is 13. The first-order chi connectivity index (χ1) is 22.4. The van der Waals surface area contributed by atoms with E-state index < -0.39 is 12.0 Å². The van der Waals surface area contributed by atoms with Gasteiger partial charge in [0.2, 0.25) is 11.6 Å². The predicted octanol–water partition coefficient (Wildman–Crippen LogP) is 2.94. The Morgan fingerprint density at radius 1 is 1.17 bits per heavy atom. The molecule has 0 radical (unpaired) electrons. The van der Waals surface area contributed by atoms with E-state index in [0.29, 0.717) is 54.4 Å². The molecule has 0 spiro atoms. The minimum Gasteiger partial charge on any atom is -0.490 e. The number of hydrazone groups is 1. The third kappa shape index (κ3) is 6.64. The van der Waals surface area contributed by atoms with Gasteiger partial charge in [0.1, 0.15) is 0 Å². The van der Waals surface area contributed by atoms with Gasteiger partial charge in [-0.1, -0.05) is 23.4 Å². The third-order valence-electron chi connectivity index (χ3n) is 7.39. The van der Waals surface area contributed by atoms with Crippen LogP contribution in [0.15, 0.2) is 50.6 Å². The monoisotopic (exact) mass is 694 g/mol. The van der Waals surface area contributed by atoms with Gasteiger partial charge < -0.3 is 29.7 Å². The molecule has 4 heterocycles. The number of aryl methyl sites for hydroxylation is 1. The summed E-state index contributed by atoms with van der Waals surface area (Å²) in [5.41, 5.74) is 11.8. The van der Waals surface area contributed by atoms with Crippen LogP contribution in [0.1, 0.15) is 40.7 Å². The van der Waals surface area contributed by atoms with Crippen LogP contribution in [0.4, 0.5) is 16.3 Å². The minimum atomic E-state index is -0.599. The molecule has 0 bridgehead atoms. The number of aromatic nitrogens is 5. The Morgan fingerprint density at radius 3 is 2.78 bits per heavy atom. The third-order valence-corrected chi connectivity index (χ3v) is 7.98. The average molecular weight is 696 g/mol. The van der Waals surface area contributed by atoms with E-state index in [1.54, 1.807) is 17.0 Å². The van der Waals surface area contributed by atoms with Crippen molar-refractivity contribution in [1.29, 1.82) is 0 Å². The van der Waals surface area contributed by atoms with E-state index >= 15 is 0 Å². The molecule has 6 rings (SSSR count). The molecule has 0 aliphatic carbocycles. The highest BCUT2D eigenvalue weighted by atomic mass is 79.9. The molecule has 0 saturated carbocycles. The van der Waals surface area contributed by atoms with Crippen LogP contribution in [-0.2, 0) is 17.7 Å². The summed E-state index contributed by atoms with van der Waals surface area (Å²) in [6, 6.07) is 11.5. The summed E-state index contributed by atoms with van der Waals surface area (Å²) < 4.78 is 23.3. The number of anilines is 2. The van der Waals surface area contributed by atoms with Gasteiger partial charge in [0.25, 0.3) is 5.91 Å². The van der Waals surface area contributed by atoms with Crippen LogP contribution in [0, 0.1) is 0 Å². The zero-order valence-corrected chi connectivity index (χ0v) is 26.5. The molecule has 3 N–H and O–H groups in total. The smallest absolute Gasteiger partial charge is 0.415 e.